The summed E-state index contributed by atoms with van der Waals surface area (Å²) in [7, 11) is 4.06. The van der Waals surface area contributed by atoms with Crippen LogP contribution in [0, 0.1) is 0 Å². The maximum atomic E-state index is 4.45. The minimum absolute atomic E-state index is 0.938. The lowest BCUT2D eigenvalue weighted by molar-refractivity contribution is 0.325. The van der Waals surface area contributed by atoms with E-state index in [0.717, 1.165) is 51.0 Å². The minimum atomic E-state index is 0.938. The first kappa shape index (κ1) is 18.5. The van der Waals surface area contributed by atoms with Crippen molar-refractivity contribution in [3.05, 3.63) is 24.4 Å². The van der Waals surface area contributed by atoms with Crippen molar-refractivity contribution in [1.82, 2.24) is 20.1 Å². The Labute approximate surface area is 146 Å². The predicted octanol–water partition coefficient (Wildman–Crippen LogP) is 1.51. The highest BCUT2D eigenvalue weighted by Crippen LogP contribution is 2.12. The third kappa shape index (κ3) is 5.67. The molecule has 1 N–H and O–H groups in total. The largest absolute Gasteiger partial charge is 0.355 e. The molecule has 0 amide bonds. The van der Waals surface area contributed by atoms with E-state index in [1.54, 1.807) is 0 Å². The lowest BCUT2D eigenvalue weighted by Gasteiger charge is -2.37. The Bertz CT molecular complexity index is 482. The fourth-order valence-electron chi connectivity index (χ4n) is 2.92. The Hall–Kier alpha value is -1.82. The number of nitrogens with zero attached hydrogens (tertiary/aromatic N) is 5. The number of likely N-dealkylation sites (N-methyl/N-ethyl adjacent to an activating group) is 1. The van der Waals surface area contributed by atoms with Gasteiger partial charge in [0.25, 0.3) is 0 Å². The van der Waals surface area contributed by atoms with Gasteiger partial charge in [-0.3, -0.25) is 4.99 Å². The van der Waals surface area contributed by atoms with Crippen LogP contribution in [0.4, 0.5) is 5.82 Å². The van der Waals surface area contributed by atoms with Crippen LogP contribution >= 0.6 is 0 Å². The van der Waals surface area contributed by atoms with E-state index in [2.05, 4.69) is 50.0 Å². The molecule has 1 aromatic rings. The standard InChI is InChI=1S/C18H32N6/c1-4-5-11-22(3)12-10-21-18(19-2)24-15-13-23(14-16-24)17-8-6-7-9-20-17/h6-9H,4-5,10-16H2,1-3H3,(H,19,21). The van der Waals surface area contributed by atoms with Crippen molar-refractivity contribution in [2.24, 2.45) is 4.99 Å². The number of piperazine rings is 1. The van der Waals surface area contributed by atoms with Gasteiger partial charge in [0.2, 0.25) is 0 Å². The summed E-state index contributed by atoms with van der Waals surface area (Å²) in [6.45, 7) is 9.30. The second-order valence-electron chi connectivity index (χ2n) is 6.29. The van der Waals surface area contributed by atoms with E-state index in [9.17, 15) is 0 Å². The minimum Gasteiger partial charge on any atom is -0.355 e. The van der Waals surface area contributed by atoms with Gasteiger partial charge in [0, 0.05) is 52.5 Å². The average Bonchev–Trinajstić information content (AvgIpc) is 2.64. The van der Waals surface area contributed by atoms with E-state index in [1.165, 1.54) is 19.4 Å². The number of guanidine groups is 1. The molecule has 1 aliphatic rings. The van der Waals surface area contributed by atoms with Crippen LogP contribution in [0.5, 0.6) is 0 Å². The van der Waals surface area contributed by atoms with Gasteiger partial charge in [-0.2, -0.15) is 0 Å². The van der Waals surface area contributed by atoms with Gasteiger partial charge in [0.1, 0.15) is 5.82 Å². The summed E-state index contributed by atoms with van der Waals surface area (Å²) in [6, 6.07) is 6.09. The molecule has 1 aromatic heterocycles. The molecule has 0 radical (unpaired) electrons. The molecule has 0 spiro atoms. The topological polar surface area (TPSA) is 47.0 Å². The zero-order valence-corrected chi connectivity index (χ0v) is 15.4. The molecule has 24 heavy (non-hydrogen) atoms. The molecule has 1 saturated heterocycles. The quantitative estimate of drug-likeness (QED) is 0.606. The molecule has 6 heteroatoms. The van der Waals surface area contributed by atoms with E-state index in [-0.39, 0.29) is 0 Å². The van der Waals surface area contributed by atoms with Crippen LogP contribution in [-0.2, 0) is 0 Å². The molecule has 134 valence electrons. The van der Waals surface area contributed by atoms with Gasteiger partial charge in [-0.05, 0) is 32.1 Å². The molecule has 0 saturated carbocycles. The van der Waals surface area contributed by atoms with Gasteiger partial charge in [0.15, 0.2) is 5.96 Å². The van der Waals surface area contributed by atoms with Crippen molar-refractivity contribution >= 4 is 11.8 Å². The molecular weight excluding hydrogens is 300 g/mol. The van der Waals surface area contributed by atoms with E-state index in [1.807, 2.05) is 25.4 Å². The lowest BCUT2D eigenvalue weighted by atomic mass is 10.3. The van der Waals surface area contributed by atoms with Gasteiger partial charge in [-0.15, -0.1) is 0 Å². The summed E-state index contributed by atoms with van der Waals surface area (Å²) in [4.78, 5) is 15.9. The lowest BCUT2D eigenvalue weighted by Crippen LogP contribution is -2.53. The van der Waals surface area contributed by atoms with Crippen LogP contribution in [0.3, 0.4) is 0 Å². The smallest absolute Gasteiger partial charge is 0.193 e. The number of unbranched alkanes of at least 4 members (excludes halogenated alkanes) is 1. The summed E-state index contributed by atoms with van der Waals surface area (Å²) >= 11 is 0. The van der Waals surface area contributed by atoms with Crippen LogP contribution < -0.4 is 10.2 Å². The zero-order valence-electron chi connectivity index (χ0n) is 15.4. The number of hydrogen-bond donors (Lipinski definition) is 1. The first-order valence-electron chi connectivity index (χ1n) is 9.04. The molecule has 6 nitrogen and oxygen atoms in total. The summed E-state index contributed by atoms with van der Waals surface area (Å²) < 4.78 is 0. The van der Waals surface area contributed by atoms with Crippen molar-refractivity contribution in [2.75, 3.05) is 64.8 Å². The molecule has 0 unspecified atom stereocenters. The normalized spacial score (nSPS) is 15.9. The first-order chi connectivity index (χ1) is 11.7. The van der Waals surface area contributed by atoms with Crippen LogP contribution in [0.2, 0.25) is 0 Å². The summed E-state index contributed by atoms with van der Waals surface area (Å²) in [5.74, 6) is 2.08. The Balaban J connectivity index is 1.73. The van der Waals surface area contributed by atoms with Gasteiger partial charge < -0.3 is 20.0 Å². The Morgan fingerprint density at radius 3 is 2.67 bits per heavy atom. The van der Waals surface area contributed by atoms with Crippen molar-refractivity contribution < 1.29 is 0 Å². The molecule has 1 aliphatic heterocycles. The first-order valence-corrected chi connectivity index (χ1v) is 9.04. The molecule has 1 fully saturated rings. The Morgan fingerprint density at radius 2 is 2.04 bits per heavy atom. The fourth-order valence-corrected chi connectivity index (χ4v) is 2.92. The fraction of sp³-hybridized carbons (Fsp3) is 0.667. The van der Waals surface area contributed by atoms with Crippen LogP contribution in [0.15, 0.2) is 29.4 Å². The number of aromatic nitrogens is 1. The zero-order chi connectivity index (χ0) is 17.2. The van der Waals surface area contributed by atoms with E-state index >= 15 is 0 Å². The number of rotatable bonds is 7. The van der Waals surface area contributed by atoms with E-state index < -0.39 is 0 Å². The van der Waals surface area contributed by atoms with Crippen LogP contribution in [-0.4, -0.2) is 80.7 Å². The molecule has 0 aliphatic carbocycles. The highest BCUT2D eigenvalue weighted by molar-refractivity contribution is 5.80. The molecule has 0 bridgehead atoms. The van der Waals surface area contributed by atoms with Crippen LogP contribution in [0.1, 0.15) is 19.8 Å². The number of nitrogens with one attached hydrogen (secondary N) is 1. The van der Waals surface area contributed by atoms with Crippen molar-refractivity contribution in [3.8, 4) is 0 Å². The van der Waals surface area contributed by atoms with Crippen LogP contribution in [0.25, 0.3) is 0 Å². The van der Waals surface area contributed by atoms with E-state index in [0.29, 0.717) is 0 Å². The monoisotopic (exact) mass is 332 g/mol. The summed E-state index contributed by atoms with van der Waals surface area (Å²) in [6.07, 6.45) is 4.37. The highest BCUT2D eigenvalue weighted by Gasteiger charge is 2.20. The summed E-state index contributed by atoms with van der Waals surface area (Å²) in [5.41, 5.74) is 0. The van der Waals surface area contributed by atoms with Gasteiger partial charge in [0.05, 0.1) is 0 Å². The second-order valence-corrected chi connectivity index (χ2v) is 6.29. The maximum Gasteiger partial charge on any atom is 0.193 e. The van der Waals surface area contributed by atoms with E-state index in [4.69, 9.17) is 0 Å². The maximum absolute atomic E-state index is 4.45. The number of anilines is 1. The molecular formula is C18H32N6. The summed E-state index contributed by atoms with van der Waals surface area (Å²) in [5, 5.41) is 3.50. The third-order valence-corrected chi connectivity index (χ3v) is 4.43. The Kier molecular flexibility index (Phi) is 7.82. The van der Waals surface area contributed by atoms with Gasteiger partial charge >= 0.3 is 0 Å². The van der Waals surface area contributed by atoms with Crippen molar-refractivity contribution in [1.29, 1.82) is 0 Å². The number of pyridine rings is 1. The Morgan fingerprint density at radius 1 is 1.25 bits per heavy atom. The molecule has 0 atom stereocenters. The third-order valence-electron chi connectivity index (χ3n) is 4.43. The average molecular weight is 332 g/mol. The number of aliphatic imine (C=N–C) groups is 1. The van der Waals surface area contributed by atoms with Gasteiger partial charge in [-0.1, -0.05) is 19.4 Å². The molecule has 2 heterocycles. The van der Waals surface area contributed by atoms with Gasteiger partial charge in [-0.25, -0.2) is 4.98 Å². The molecule has 0 aromatic carbocycles. The number of hydrogen-bond acceptors (Lipinski definition) is 4. The second kappa shape index (κ2) is 10.1. The SMILES string of the molecule is CCCCN(C)CCNC(=NC)N1CCN(c2ccccn2)CC1. The predicted molar refractivity (Wildman–Crippen MR) is 102 cm³/mol. The molecule has 2 rings (SSSR count). The van der Waals surface area contributed by atoms with Crippen molar-refractivity contribution in [2.45, 2.75) is 19.8 Å². The highest BCUT2D eigenvalue weighted by atomic mass is 15.4. The van der Waals surface area contributed by atoms with Crippen molar-refractivity contribution in [3.63, 3.8) is 0 Å².